The van der Waals surface area contributed by atoms with Gasteiger partial charge < -0.3 is 19.0 Å². The second-order valence-electron chi connectivity index (χ2n) is 7.00. The van der Waals surface area contributed by atoms with Crippen molar-refractivity contribution in [1.29, 1.82) is 0 Å². The van der Waals surface area contributed by atoms with Crippen LogP contribution >= 0.6 is 11.6 Å². The van der Waals surface area contributed by atoms with Crippen LogP contribution < -0.4 is 9.47 Å². The molecule has 0 aliphatic carbocycles. The first-order valence-corrected chi connectivity index (χ1v) is 9.05. The van der Waals surface area contributed by atoms with Gasteiger partial charge in [-0.3, -0.25) is 0 Å². The quantitative estimate of drug-likeness (QED) is 0.396. The number of carbonyl (C=O) groups excluding carboxylic acids is 1. The first-order chi connectivity index (χ1) is 13.6. The molecule has 5 nitrogen and oxygen atoms in total. The Balaban J connectivity index is 2.36. The van der Waals surface area contributed by atoms with E-state index >= 15 is 0 Å². The summed E-state index contributed by atoms with van der Waals surface area (Å²) in [6, 6.07) is 5.75. The molecule has 158 valence electrons. The van der Waals surface area contributed by atoms with Crippen LogP contribution in [0, 0.1) is 5.41 Å². The lowest BCUT2D eigenvalue weighted by Crippen LogP contribution is -2.17. The van der Waals surface area contributed by atoms with E-state index in [1.54, 1.807) is 39.2 Å². The van der Waals surface area contributed by atoms with Crippen LogP contribution in [0.4, 0.5) is 13.2 Å². The van der Waals surface area contributed by atoms with E-state index in [1.807, 2.05) is 0 Å². The predicted octanol–water partition coefficient (Wildman–Crippen LogP) is 5.34. The maximum atomic E-state index is 12.8. The molecule has 0 atom stereocenters. The highest BCUT2D eigenvalue weighted by atomic mass is 35.5. The molecule has 1 aromatic carbocycles. The Labute approximate surface area is 171 Å². The van der Waals surface area contributed by atoms with Crippen molar-refractivity contribution < 1.29 is 32.2 Å². The van der Waals surface area contributed by atoms with Crippen molar-refractivity contribution in [3.63, 3.8) is 0 Å². The van der Waals surface area contributed by atoms with E-state index in [0.29, 0.717) is 37.1 Å². The summed E-state index contributed by atoms with van der Waals surface area (Å²) in [6.07, 6.45) is -2.76. The molecular formula is C20H21ClF3NO4. The van der Waals surface area contributed by atoms with Gasteiger partial charge in [0.25, 0.3) is 0 Å². The minimum atomic E-state index is -4.57. The van der Waals surface area contributed by atoms with Crippen molar-refractivity contribution in [1.82, 2.24) is 4.98 Å². The summed E-state index contributed by atoms with van der Waals surface area (Å²) in [5, 5.41) is -0.286. The largest absolute Gasteiger partial charge is 0.491 e. The average Bonchev–Trinajstić information content (AvgIpc) is 2.64. The molecule has 0 fully saturated rings. The first-order valence-electron chi connectivity index (χ1n) is 8.67. The summed E-state index contributed by atoms with van der Waals surface area (Å²) in [4.78, 5) is 15.0. The van der Waals surface area contributed by atoms with Crippen LogP contribution in [-0.4, -0.2) is 31.6 Å². The molecule has 0 aliphatic rings. The minimum absolute atomic E-state index is 0.182. The number of halogens is 4. The molecule has 29 heavy (non-hydrogen) atoms. The van der Waals surface area contributed by atoms with Crippen LogP contribution in [0.15, 0.2) is 30.5 Å². The second-order valence-corrected chi connectivity index (χ2v) is 7.41. The Kier molecular flexibility index (Phi) is 7.48. The molecule has 1 aromatic heterocycles. The highest BCUT2D eigenvalue weighted by molar-refractivity contribution is 6.31. The van der Waals surface area contributed by atoms with Gasteiger partial charge >= 0.3 is 6.18 Å². The van der Waals surface area contributed by atoms with E-state index < -0.39 is 17.2 Å². The van der Waals surface area contributed by atoms with Gasteiger partial charge in [0, 0.05) is 24.8 Å². The number of alkyl halides is 3. The molecule has 2 rings (SSSR count). The van der Waals surface area contributed by atoms with Gasteiger partial charge in [0.2, 0.25) is 5.88 Å². The summed E-state index contributed by atoms with van der Waals surface area (Å²) in [7, 11) is 1.54. The molecule has 0 saturated heterocycles. The lowest BCUT2D eigenvalue weighted by Gasteiger charge is -2.20. The lowest BCUT2D eigenvalue weighted by molar-refractivity contribution is -0.137. The number of hydrogen-bond donors (Lipinski definition) is 0. The van der Waals surface area contributed by atoms with E-state index in [0.717, 1.165) is 12.4 Å². The fourth-order valence-electron chi connectivity index (χ4n) is 2.40. The van der Waals surface area contributed by atoms with Gasteiger partial charge in [0.15, 0.2) is 0 Å². The van der Waals surface area contributed by atoms with Gasteiger partial charge in [-0.2, -0.15) is 13.2 Å². The van der Waals surface area contributed by atoms with Crippen molar-refractivity contribution in [3.05, 3.63) is 46.6 Å². The van der Waals surface area contributed by atoms with Crippen LogP contribution in [0.2, 0.25) is 5.02 Å². The van der Waals surface area contributed by atoms with E-state index in [2.05, 4.69) is 4.98 Å². The zero-order valence-corrected chi connectivity index (χ0v) is 16.9. The molecule has 0 amide bonds. The van der Waals surface area contributed by atoms with E-state index in [1.165, 1.54) is 0 Å². The van der Waals surface area contributed by atoms with Crippen LogP contribution in [0.5, 0.6) is 17.4 Å². The van der Waals surface area contributed by atoms with Crippen LogP contribution in [-0.2, 0) is 22.1 Å². The number of aromatic nitrogens is 1. The molecule has 0 aliphatic heterocycles. The molecule has 9 heteroatoms. The standard InChI is InChI=1S/C20H21ClF3NO4/c1-19(2,12-26)10-13-4-5-15(28-7-6-27-3)9-17(13)29-18-16(21)8-14(11-25-18)20(22,23)24/h4-5,8-9,11-12H,6-7,10H2,1-3H3. The zero-order chi connectivity index (χ0) is 21.7. The summed E-state index contributed by atoms with van der Waals surface area (Å²) in [5.74, 6) is 0.565. The third-order valence-electron chi connectivity index (χ3n) is 3.90. The molecule has 0 bridgehead atoms. The highest BCUT2D eigenvalue weighted by Gasteiger charge is 2.32. The predicted molar refractivity (Wildman–Crippen MR) is 102 cm³/mol. The van der Waals surface area contributed by atoms with Gasteiger partial charge in [-0.05, 0) is 24.1 Å². The zero-order valence-electron chi connectivity index (χ0n) is 16.2. The molecular weight excluding hydrogens is 411 g/mol. The Bertz CT molecular complexity index is 856. The molecule has 0 radical (unpaired) electrons. The monoisotopic (exact) mass is 431 g/mol. The number of benzene rings is 1. The average molecular weight is 432 g/mol. The number of aldehydes is 1. The number of carbonyl (C=O) groups is 1. The Morgan fingerprint density at radius 3 is 2.48 bits per heavy atom. The Hall–Kier alpha value is -2.32. The third-order valence-corrected chi connectivity index (χ3v) is 4.17. The fourth-order valence-corrected chi connectivity index (χ4v) is 2.61. The summed E-state index contributed by atoms with van der Waals surface area (Å²) < 4.78 is 54.6. The smallest absolute Gasteiger partial charge is 0.417 e. The first kappa shape index (κ1) is 23.0. The van der Waals surface area contributed by atoms with E-state index in [-0.39, 0.29) is 16.7 Å². The SMILES string of the molecule is COCCOc1ccc(CC(C)(C)C=O)c(Oc2ncc(C(F)(F)F)cc2Cl)c1. The third kappa shape index (κ3) is 6.61. The second kappa shape index (κ2) is 9.45. The topological polar surface area (TPSA) is 57.7 Å². The molecule has 0 unspecified atom stereocenters. The lowest BCUT2D eigenvalue weighted by atomic mass is 9.87. The number of hydrogen-bond acceptors (Lipinski definition) is 5. The number of methoxy groups -OCH3 is 1. The molecule has 0 spiro atoms. The summed E-state index contributed by atoms with van der Waals surface area (Å²) >= 11 is 5.95. The number of rotatable bonds is 9. The summed E-state index contributed by atoms with van der Waals surface area (Å²) in [6.45, 7) is 4.20. The van der Waals surface area contributed by atoms with Crippen molar-refractivity contribution in [2.24, 2.45) is 5.41 Å². The van der Waals surface area contributed by atoms with E-state index in [9.17, 15) is 18.0 Å². The minimum Gasteiger partial charge on any atom is -0.491 e. The van der Waals surface area contributed by atoms with Gasteiger partial charge in [-0.15, -0.1) is 0 Å². The Morgan fingerprint density at radius 1 is 1.17 bits per heavy atom. The highest BCUT2D eigenvalue weighted by Crippen LogP contribution is 2.37. The van der Waals surface area contributed by atoms with Crippen molar-refractivity contribution in [2.75, 3.05) is 20.3 Å². The van der Waals surface area contributed by atoms with Crippen LogP contribution in [0.3, 0.4) is 0 Å². The number of pyridine rings is 1. The van der Waals surface area contributed by atoms with E-state index in [4.69, 9.17) is 25.8 Å². The molecule has 1 heterocycles. The Morgan fingerprint density at radius 2 is 1.90 bits per heavy atom. The van der Waals surface area contributed by atoms with Gasteiger partial charge in [-0.25, -0.2) is 4.98 Å². The fraction of sp³-hybridized carbons (Fsp3) is 0.400. The molecule has 2 aromatic rings. The maximum Gasteiger partial charge on any atom is 0.417 e. The van der Waals surface area contributed by atoms with Crippen molar-refractivity contribution in [3.8, 4) is 17.4 Å². The van der Waals surface area contributed by atoms with Crippen molar-refractivity contribution >= 4 is 17.9 Å². The molecule has 0 saturated carbocycles. The van der Waals surface area contributed by atoms with Gasteiger partial charge in [0.05, 0.1) is 12.2 Å². The summed E-state index contributed by atoms with van der Waals surface area (Å²) in [5.41, 5.74) is -0.999. The van der Waals surface area contributed by atoms with Gasteiger partial charge in [0.1, 0.15) is 29.4 Å². The number of nitrogens with zero attached hydrogens (tertiary/aromatic N) is 1. The molecule has 0 N–H and O–H groups in total. The van der Waals surface area contributed by atoms with Crippen LogP contribution in [0.1, 0.15) is 25.0 Å². The normalized spacial score (nSPS) is 12.0. The van der Waals surface area contributed by atoms with Crippen LogP contribution in [0.25, 0.3) is 0 Å². The maximum absolute atomic E-state index is 12.8. The van der Waals surface area contributed by atoms with Crippen molar-refractivity contribution in [2.45, 2.75) is 26.4 Å². The van der Waals surface area contributed by atoms with Gasteiger partial charge in [-0.1, -0.05) is 31.5 Å². The number of ether oxygens (including phenoxy) is 3.